The molecule has 38 heavy (non-hydrogen) atoms. The molecule has 0 aromatic heterocycles. The number of rotatable bonds is 12. The van der Waals surface area contributed by atoms with Crippen LogP contribution in [0.3, 0.4) is 0 Å². The third-order valence-electron chi connectivity index (χ3n) is 6.53. The van der Waals surface area contributed by atoms with E-state index in [2.05, 4.69) is 5.32 Å². The van der Waals surface area contributed by atoms with Crippen LogP contribution in [-0.4, -0.2) is 30.4 Å². The molecule has 0 aliphatic rings. The summed E-state index contributed by atoms with van der Waals surface area (Å²) in [6.07, 6.45) is 1.61. The second-order valence-electron chi connectivity index (χ2n) is 9.20. The normalized spacial score (nSPS) is 11.4. The number of carbonyl (C=O) groups excluding carboxylic acids is 2. The molecule has 1 N–H and O–H groups in total. The summed E-state index contributed by atoms with van der Waals surface area (Å²) in [6, 6.07) is 36.4. The lowest BCUT2D eigenvalue weighted by molar-refractivity contribution is -0.141. The average molecular weight is 507 g/mol. The first kappa shape index (κ1) is 26.7. The van der Waals surface area contributed by atoms with Crippen LogP contribution in [-0.2, 0) is 29.0 Å². The summed E-state index contributed by atoms with van der Waals surface area (Å²) in [5, 5.41) is 3.09. The third-order valence-corrected chi connectivity index (χ3v) is 6.53. The summed E-state index contributed by atoms with van der Waals surface area (Å²) in [6.45, 7) is 0.811. The van der Waals surface area contributed by atoms with Gasteiger partial charge in [0.1, 0.15) is 11.8 Å². The van der Waals surface area contributed by atoms with Crippen molar-refractivity contribution >= 4 is 11.8 Å². The Labute approximate surface area is 225 Å². The summed E-state index contributed by atoms with van der Waals surface area (Å²) in [7, 11) is 1.64. The Morgan fingerprint density at radius 3 is 1.87 bits per heavy atom. The van der Waals surface area contributed by atoms with Crippen molar-refractivity contribution < 1.29 is 14.3 Å². The minimum absolute atomic E-state index is 0.0585. The number of nitrogens with zero attached hydrogens (tertiary/aromatic N) is 1. The second kappa shape index (κ2) is 13.8. The van der Waals surface area contributed by atoms with E-state index in [0.29, 0.717) is 32.4 Å². The molecule has 5 nitrogen and oxygen atoms in total. The highest BCUT2D eigenvalue weighted by Crippen LogP contribution is 2.25. The second-order valence-corrected chi connectivity index (χ2v) is 9.20. The first-order valence-corrected chi connectivity index (χ1v) is 13.0. The molecular formula is C33H34N2O3. The predicted molar refractivity (Wildman–Crippen MR) is 151 cm³/mol. The lowest BCUT2D eigenvalue weighted by Crippen LogP contribution is -2.44. The van der Waals surface area contributed by atoms with Gasteiger partial charge in [-0.05, 0) is 47.2 Å². The van der Waals surface area contributed by atoms with Crippen molar-refractivity contribution in [3.05, 3.63) is 138 Å². The largest absolute Gasteiger partial charge is 0.497 e. The quantitative estimate of drug-likeness (QED) is 0.266. The molecule has 0 aliphatic carbocycles. The maximum atomic E-state index is 13.7. The van der Waals surface area contributed by atoms with Crippen LogP contribution in [0, 0.1) is 0 Å². The first-order chi connectivity index (χ1) is 18.6. The zero-order valence-electron chi connectivity index (χ0n) is 21.8. The summed E-state index contributed by atoms with van der Waals surface area (Å²) in [4.78, 5) is 29.2. The molecule has 5 heteroatoms. The molecule has 4 rings (SSSR count). The van der Waals surface area contributed by atoms with E-state index in [-0.39, 0.29) is 11.8 Å². The van der Waals surface area contributed by atoms with Gasteiger partial charge < -0.3 is 15.0 Å². The number of ether oxygens (including phenoxy) is 1. The molecule has 1 atom stereocenters. The molecule has 0 aliphatic heterocycles. The molecule has 0 spiro atoms. The molecule has 0 heterocycles. The van der Waals surface area contributed by atoms with Gasteiger partial charge in [-0.2, -0.15) is 0 Å². The third kappa shape index (κ3) is 7.56. The number of benzene rings is 4. The van der Waals surface area contributed by atoms with Crippen LogP contribution in [0.5, 0.6) is 5.75 Å². The van der Waals surface area contributed by atoms with E-state index in [1.807, 2.05) is 115 Å². The van der Waals surface area contributed by atoms with Crippen LogP contribution in [0.15, 0.2) is 115 Å². The minimum atomic E-state index is -0.740. The predicted octanol–water partition coefficient (Wildman–Crippen LogP) is 5.76. The van der Waals surface area contributed by atoms with Crippen molar-refractivity contribution in [3.63, 3.8) is 0 Å². The summed E-state index contributed by atoms with van der Waals surface area (Å²) >= 11 is 0. The zero-order chi connectivity index (χ0) is 26.6. The summed E-state index contributed by atoms with van der Waals surface area (Å²) in [5.41, 5.74) is 3.97. The maximum absolute atomic E-state index is 13.7. The number of nitrogens with one attached hydrogen (secondary N) is 1. The molecule has 0 radical (unpaired) electrons. The standard InChI is InChI=1S/C33H34N2O3/c1-38-30-20-17-27(18-21-30)23-24-34-33(37)32(29-15-9-4-10-16-29)35(25-28-13-7-3-8-14-28)31(36)22-19-26-11-5-2-6-12-26/h2-18,20-21,32H,19,22-25H2,1H3,(H,34,37). The van der Waals surface area contributed by atoms with Gasteiger partial charge in [-0.1, -0.05) is 103 Å². The molecule has 2 amide bonds. The zero-order valence-corrected chi connectivity index (χ0v) is 21.8. The van der Waals surface area contributed by atoms with Gasteiger partial charge in [0, 0.05) is 19.5 Å². The molecule has 0 fully saturated rings. The first-order valence-electron chi connectivity index (χ1n) is 13.0. The summed E-state index contributed by atoms with van der Waals surface area (Å²) < 4.78 is 5.23. The van der Waals surface area contributed by atoms with Gasteiger partial charge in [-0.25, -0.2) is 0 Å². The SMILES string of the molecule is COc1ccc(CCNC(=O)C(c2ccccc2)N(Cc2ccccc2)C(=O)CCc2ccccc2)cc1. The fraction of sp³-hybridized carbons (Fsp3) is 0.212. The highest BCUT2D eigenvalue weighted by atomic mass is 16.5. The molecule has 194 valence electrons. The Balaban J connectivity index is 1.54. The maximum Gasteiger partial charge on any atom is 0.247 e. The van der Waals surface area contributed by atoms with Crippen LogP contribution >= 0.6 is 0 Å². The molecule has 0 saturated carbocycles. The fourth-order valence-electron chi connectivity index (χ4n) is 4.47. The minimum Gasteiger partial charge on any atom is -0.497 e. The van der Waals surface area contributed by atoms with Gasteiger partial charge >= 0.3 is 0 Å². The lowest BCUT2D eigenvalue weighted by atomic mass is 10.0. The number of methoxy groups -OCH3 is 1. The van der Waals surface area contributed by atoms with Gasteiger partial charge in [0.2, 0.25) is 11.8 Å². The van der Waals surface area contributed by atoms with Crippen molar-refractivity contribution in [1.29, 1.82) is 0 Å². The van der Waals surface area contributed by atoms with Crippen LogP contribution in [0.25, 0.3) is 0 Å². The number of hydrogen-bond donors (Lipinski definition) is 1. The van der Waals surface area contributed by atoms with Crippen LogP contribution in [0.1, 0.15) is 34.7 Å². The molecular weight excluding hydrogens is 472 g/mol. The van der Waals surface area contributed by atoms with Crippen molar-refractivity contribution in [1.82, 2.24) is 10.2 Å². The Kier molecular flexibility index (Phi) is 9.69. The van der Waals surface area contributed by atoms with Gasteiger partial charge in [-0.15, -0.1) is 0 Å². The van der Waals surface area contributed by atoms with Crippen molar-refractivity contribution in [2.75, 3.05) is 13.7 Å². The van der Waals surface area contributed by atoms with E-state index >= 15 is 0 Å². The topological polar surface area (TPSA) is 58.6 Å². The van der Waals surface area contributed by atoms with Crippen molar-refractivity contribution in [2.24, 2.45) is 0 Å². The number of carbonyl (C=O) groups is 2. The van der Waals surface area contributed by atoms with Crippen LogP contribution in [0.4, 0.5) is 0 Å². The van der Waals surface area contributed by atoms with Gasteiger partial charge in [-0.3, -0.25) is 9.59 Å². The van der Waals surface area contributed by atoms with Gasteiger partial charge in [0.25, 0.3) is 0 Å². The highest BCUT2D eigenvalue weighted by Gasteiger charge is 2.31. The Morgan fingerprint density at radius 2 is 1.26 bits per heavy atom. The highest BCUT2D eigenvalue weighted by molar-refractivity contribution is 5.88. The van der Waals surface area contributed by atoms with Crippen molar-refractivity contribution in [3.8, 4) is 5.75 Å². The Morgan fingerprint density at radius 1 is 0.711 bits per heavy atom. The van der Waals surface area contributed by atoms with E-state index in [4.69, 9.17) is 4.74 Å². The summed E-state index contributed by atoms with van der Waals surface area (Å²) in [5.74, 6) is 0.554. The Bertz CT molecular complexity index is 1280. The number of hydrogen-bond acceptors (Lipinski definition) is 3. The molecule has 1 unspecified atom stereocenters. The monoisotopic (exact) mass is 506 g/mol. The molecule has 4 aromatic rings. The number of aryl methyl sites for hydroxylation is 1. The van der Waals surface area contributed by atoms with Crippen LogP contribution < -0.4 is 10.1 Å². The molecule has 0 bridgehead atoms. The van der Waals surface area contributed by atoms with E-state index in [0.717, 1.165) is 28.0 Å². The van der Waals surface area contributed by atoms with E-state index < -0.39 is 6.04 Å². The van der Waals surface area contributed by atoms with Crippen molar-refractivity contribution in [2.45, 2.75) is 31.8 Å². The average Bonchev–Trinajstić information content (AvgIpc) is 2.97. The molecule has 4 aromatic carbocycles. The smallest absolute Gasteiger partial charge is 0.247 e. The van der Waals surface area contributed by atoms with E-state index in [1.54, 1.807) is 12.0 Å². The number of amides is 2. The van der Waals surface area contributed by atoms with E-state index in [9.17, 15) is 9.59 Å². The Hall–Kier alpha value is -4.38. The van der Waals surface area contributed by atoms with Gasteiger partial charge in [0.15, 0.2) is 0 Å². The molecule has 0 saturated heterocycles. The fourth-order valence-corrected chi connectivity index (χ4v) is 4.47. The van der Waals surface area contributed by atoms with Crippen LogP contribution in [0.2, 0.25) is 0 Å². The lowest BCUT2D eigenvalue weighted by Gasteiger charge is -2.32. The van der Waals surface area contributed by atoms with Gasteiger partial charge in [0.05, 0.1) is 7.11 Å². The van der Waals surface area contributed by atoms with E-state index in [1.165, 1.54) is 0 Å².